The van der Waals surface area contributed by atoms with Gasteiger partial charge >= 0.3 is 6.03 Å². The molecule has 0 spiro atoms. The van der Waals surface area contributed by atoms with Gasteiger partial charge in [0.1, 0.15) is 0 Å². The zero-order chi connectivity index (χ0) is 19.8. The van der Waals surface area contributed by atoms with Gasteiger partial charge < -0.3 is 16.4 Å². The molecule has 0 radical (unpaired) electrons. The summed E-state index contributed by atoms with van der Waals surface area (Å²) in [5, 5.41) is 10.6. The van der Waals surface area contributed by atoms with Crippen LogP contribution in [-0.4, -0.2) is 26.7 Å². The second-order valence-corrected chi connectivity index (χ2v) is 7.31. The maximum absolute atomic E-state index is 13.0. The Labute approximate surface area is 162 Å². The number of aromatic nitrogens is 3. The predicted molar refractivity (Wildman–Crippen MR) is 107 cm³/mol. The van der Waals surface area contributed by atoms with E-state index in [0.29, 0.717) is 22.9 Å². The lowest BCUT2D eigenvalue weighted by molar-refractivity contribution is 0.102. The molecule has 0 atom stereocenters. The van der Waals surface area contributed by atoms with E-state index in [9.17, 15) is 9.59 Å². The van der Waals surface area contributed by atoms with Crippen molar-refractivity contribution in [2.75, 3.05) is 10.6 Å². The number of hydrogen-bond acceptors (Lipinski definition) is 4. The first-order chi connectivity index (χ1) is 13.4. The number of nitrogens with zero attached hydrogens (tertiary/aromatic N) is 3. The summed E-state index contributed by atoms with van der Waals surface area (Å²) >= 11 is 0. The lowest BCUT2D eigenvalue weighted by atomic mass is 10.1. The molecule has 8 heteroatoms. The molecule has 8 nitrogen and oxygen atoms in total. The maximum Gasteiger partial charge on any atom is 0.316 e. The quantitative estimate of drug-likeness (QED) is 0.629. The van der Waals surface area contributed by atoms with Gasteiger partial charge in [0.15, 0.2) is 5.65 Å². The number of rotatable bonds is 5. The molecular formula is C20H22N6O2. The fourth-order valence-electron chi connectivity index (χ4n) is 3.17. The van der Waals surface area contributed by atoms with E-state index in [4.69, 9.17) is 10.7 Å². The Balaban J connectivity index is 1.65. The van der Waals surface area contributed by atoms with Crippen LogP contribution in [0.25, 0.3) is 11.0 Å². The van der Waals surface area contributed by atoms with Crippen molar-refractivity contribution in [3.8, 4) is 0 Å². The number of pyridine rings is 1. The van der Waals surface area contributed by atoms with Crippen LogP contribution in [-0.2, 0) is 0 Å². The second-order valence-electron chi connectivity index (χ2n) is 7.31. The highest BCUT2D eigenvalue weighted by molar-refractivity contribution is 6.12. The first-order valence-electron chi connectivity index (χ1n) is 9.28. The van der Waals surface area contributed by atoms with Crippen molar-refractivity contribution in [3.05, 3.63) is 47.8 Å². The molecule has 1 aliphatic carbocycles. The van der Waals surface area contributed by atoms with Crippen LogP contribution in [0.15, 0.2) is 36.5 Å². The number of amides is 3. The number of benzene rings is 1. The molecular weight excluding hydrogens is 356 g/mol. The first-order valence-corrected chi connectivity index (χ1v) is 9.28. The Morgan fingerprint density at radius 1 is 1.14 bits per heavy atom. The summed E-state index contributed by atoms with van der Waals surface area (Å²) in [4.78, 5) is 28.7. The summed E-state index contributed by atoms with van der Waals surface area (Å²) in [5.41, 5.74) is 8.54. The van der Waals surface area contributed by atoms with Crippen molar-refractivity contribution >= 4 is 34.3 Å². The van der Waals surface area contributed by atoms with Gasteiger partial charge in [-0.2, -0.15) is 5.10 Å². The third kappa shape index (κ3) is 3.53. The molecule has 3 amide bonds. The van der Waals surface area contributed by atoms with Gasteiger partial charge in [0, 0.05) is 29.0 Å². The molecule has 0 aliphatic heterocycles. The third-order valence-corrected chi connectivity index (χ3v) is 4.73. The van der Waals surface area contributed by atoms with Crippen LogP contribution in [0.1, 0.15) is 54.7 Å². The van der Waals surface area contributed by atoms with Crippen molar-refractivity contribution in [2.45, 2.75) is 38.6 Å². The van der Waals surface area contributed by atoms with Crippen LogP contribution < -0.4 is 16.4 Å². The minimum absolute atomic E-state index is 0.153. The molecule has 1 aromatic carbocycles. The van der Waals surface area contributed by atoms with Gasteiger partial charge in [-0.15, -0.1) is 0 Å². The molecule has 1 saturated carbocycles. The normalized spacial score (nSPS) is 13.7. The average Bonchev–Trinajstić information content (AvgIpc) is 3.41. The molecule has 28 heavy (non-hydrogen) atoms. The molecule has 1 fully saturated rings. The minimum atomic E-state index is -0.634. The molecule has 4 rings (SSSR count). The van der Waals surface area contributed by atoms with Crippen molar-refractivity contribution in [3.63, 3.8) is 0 Å². The summed E-state index contributed by atoms with van der Waals surface area (Å²) < 4.78 is 1.85. The molecule has 0 bridgehead atoms. The zero-order valence-corrected chi connectivity index (χ0v) is 15.8. The van der Waals surface area contributed by atoms with Crippen LogP contribution >= 0.6 is 0 Å². The Hall–Kier alpha value is -3.42. The topological polar surface area (TPSA) is 115 Å². The summed E-state index contributed by atoms with van der Waals surface area (Å²) in [6.45, 7) is 4.08. The van der Waals surface area contributed by atoms with Crippen LogP contribution in [0, 0.1) is 0 Å². The van der Waals surface area contributed by atoms with Gasteiger partial charge in [-0.05, 0) is 57.0 Å². The smallest absolute Gasteiger partial charge is 0.316 e. The van der Waals surface area contributed by atoms with Gasteiger partial charge in [-0.25, -0.2) is 14.5 Å². The van der Waals surface area contributed by atoms with E-state index >= 15 is 0 Å². The van der Waals surface area contributed by atoms with E-state index in [1.165, 1.54) is 0 Å². The van der Waals surface area contributed by atoms with E-state index in [1.54, 1.807) is 30.5 Å². The number of primary amides is 1. The van der Waals surface area contributed by atoms with Gasteiger partial charge in [-0.3, -0.25) is 4.79 Å². The summed E-state index contributed by atoms with van der Waals surface area (Å²) in [6, 6.07) is 8.17. The fraction of sp³-hybridized carbons (Fsp3) is 0.300. The lowest BCUT2D eigenvalue weighted by Gasteiger charge is -2.11. The SMILES string of the molecule is CC(C)n1ncc2c(C(=O)Nc3ccc(NC(N)=O)cc3)cc(C3CC3)nc21. The second kappa shape index (κ2) is 6.95. The number of carbonyl (C=O) groups excluding carboxylic acids is 2. The maximum atomic E-state index is 13.0. The standard InChI is InChI=1S/C20H22N6O2/c1-11(2)26-18-16(10-22-26)15(9-17(25-18)12-3-4-12)19(27)23-13-5-7-14(8-6-13)24-20(21)28/h5-12H,3-4H2,1-2H3,(H,23,27)(H3,21,24,28). The van der Waals surface area contributed by atoms with Gasteiger partial charge in [-0.1, -0.05) is 0 Å². The van der Waals surface area contributed by atoms with Crippen LogP contribution in [0.3, 0.4) is 0 Å². The number of nitrogens with one attached hydrogen (secondary N) is 2. The largest absolute Gasteiger partial charge is 0.351 e. The van der Waals surface area contributed by atoms with Crippen molar-refractivity contribution in [1.29, 1.82) is 0 Å². The summed E-state index contributed by atoms with van der Waals surface area (Å²) in [7, 11) is 0. The Morgan fingerprint density at radius 2 is 1.79 bits per heavy atom. The Bertz CT molecular complexity index is 1050. The predicted octanol–water partition coefficient (Wildman–Crippen LogP) is 3.63. The molecule has 3 aromatic rings. The number of anilines is 2. The zero-order valence-electron chi connectivity index (χ0n) is 15.8. The highest BCUT2D eigenvalue weighted by Gasteiger charge is 2.28. The molecule has 2 heterocycles. The highest BCUT2D eigenvalue weighted by atomic mass is 16.2. The Morgan fingerprint density at radius 3 is 2.36 bits per heavy atom. The van der Waals surface area contributed by atoms with Crippen LogP contribution in [0.2, 0.25) is 0 Å². The van der Waals surface area contributed by atoms with Gasteiger partial charge in [0.05, 0.1) is 17.1 Å². The van der Waals surface area contributed by atoms with E-state index in [2.05, 4.69) is 15.7 Å². The number of carbonyl (C=O) groups is 2. The van der Waals surface area contributed by atoms with Crippen molar-refractivity contribution in [2.24, 2.45) is 5.73 Å². The van der Waals surface area contributed by atoms with Gasteiger partial charge in [0.2, 0.25) is 0 Å². The fourth-order valence-corrected chi connectivity index (χ4v) is 3.17. The number of fused-ring (bicyclic) bond motifs is 1. The van der Waals surface area contributed by atoms with Crippen molar-refractivity contribution in [1.82, 2.24) is 14.8 Å². The molecule has 0 unspecified atom stereocenters. The lowest BCUT2D eigenvalue weighted by Crippen LogP contribution is -2.19. The molecule has 0 saturated heterocycles. The molecule has 4 N–H and O–H groups in total. The van der Waals surface area contributed by atoms with Crippen LogP contribution in [0.5, 0.6) is 0 Å². The highest BCUT2D eigenvalue weighted by Crippen LogP contribution is 2.40. The first kappa shape index (κ1) is 18.0. The van der Waals surface area contributed by atoms with E-state index in [-0.39, 0.29) is 11.9 Å². The minimum Gasteiger partial charge on any atom is -0.351 e. The molecule has 1 aliphatic rings. The number of nitrogens with two attached hydrogens (primary N) is 1. The van der Waals surface area contributed by atoms with E-state index in [1.807, 2.05) is 24.6 Å². The third-order valence-electron chi connectivity index (χ3n) is 4.73. The van der Waals surface area contributed by atoms with E-state index in [0.717, 1.165) is 29.6 Å². The molecule has 2 aromatic heterocycles. The number of hydrogen-bond donors (Lipinski definition) is 3. The monoisotopic (exact) mass is 378 g/mol. The average molecular weight is 378 g/mol. The number of urea groups is 1. The summed E-state index contributed by atoms with van der Waals surface area (Å²) in [5.74, 6) is 0.207. The van der Waals surface area contributed by atoms with Crippen LogP contribution in [0.4, 0.5) is 16.2 Å². The Kier molecular flexibility index (Phi) is 4.46. The molecule has 144 valence electrons. The van der Waals surface area contributed by atoms with E-state index < -0.39 is 6.03 Å². The van der Waals surface area contributed by atoms with Gasteiger partial charge in [0.25, 0.3) is 5.91 Å². The van der Waals surface area contributed by atoms with Crippen molar-refractivity contribution < 1.29 is 9.59 Å². The summed E-state index contributed by atoms with van der Waals surface area (Å²) in [6.07, 6.45) is 3.90.